The molecule has 1 atom stereocenters. The number of carbonyl (C=O) groups excluding carboxylic acids is 2. The Kier molecular flexibility index (Phi) is 6.72. The minimum absolute atomic E-state index is 0.114. The van der Waals surface area contributed by atoms with Crippen molar-refractivity contribution < 1.29 is 14.3 Å². The number of nitrogens with two attached hydrogens (primary N) is 1. The van der Waals surface area contributed by atoms with Gasteiger partial charge in [0.2, 0.25) is 11.8 Å². The van der Waals surface area contributed by atoms with Crippen molar-refractivity contribution in [3.8, 4) is 0 Å². The highest BCUT2D eigenvalue weighted by atomic mass is 16.5. The molecular formula is C17H26N4O3. The number of amides is 2. The number of piperazine rings is 1. The number of methoxy groups -OCH3 is 1. The number of likely N-dealkylation sites (N-methyl/N-ethyl adjacent to an activating group) is 1. The Morgan fingerprint density at radius 3 is 2.67 bits per heavy atom. The molecular weight excluding hydrogens is 308 g/mol. The first-order valence-corrected chi connectivity index (χ1v) is 8.10. The Bertz CT molecular complexity index is 571. The van der Waals surface area contributed by atoms with Crippen molar-refractivity contribution in [1.82, 2.24) is 9.80 Å². The topological polar surface area (TPSA) is 87.9 Å². The SMILES string of the molecule is COCC(N)C(=O)Nc1cccc(CC(=O)N2CCN(C)CC2)c1. The van der Waals surface area contributed by atoms with E-state index in [1.165, 1.54) is 7.11 Å². The van der Waals surface area contributed by atoms with Gasteiger partial charge in [-0.3, -0.25) is 9.59 Å². The molecule has 132 valence electrons. The molecule has 0 aromatic heterocycles. The Morgan fingerprint density at radius 1 is 1.29 bits per heavy atom. The standard InChI is InChI=1S/C17H26N4O3/c1-20-6-8-21(9-7-20)16(22)11-13-4-3-5-14(10-13)19-17(23)15(18)12-24-2/h3-5,10,15H,6-9,11-12,18H2,1-2H3,(H,19,23). The summed E-state index contributed by atoms with van der Waals surface area (Å²) in [4.78, 5) is 28.4. The first-order chi connectivity index (χ1) is 11.5. The molecule has 1 unspecified atom stereocenters. The maximum absolute atomic E-state index is 12.4. The van der Waals surface area contributed by atoms with E-state index in [4.69, 9.17) is 10.5 Å². The van der Waals surface area contributed by atoms with Gasteiger partial charge < -0.3 is 25.6 Å². The quantitative estimate of drug-likeness (QED) is 0.759. The van der Waals surface area contributed by atoms with Gasteiger partial charge in [0.25, 0.3) is 0 Å². The van der Waals surface area contributed by atoms with Crippen LogP contribution in [0.5, 0.6) is 0 Å². The molecule has 1 heterocycles. The number of carbonyl (C=O) groups is 2. The van der Waals surface area contributed by atoms with Crippen molar-refractivity contribution in [2.45, 2.75) is 12.5 Å². The Morgan fingerprint density at radius 2 is 2.00 bits per heavy atom. The first kappa shape index (κ1) is 18.4. The van der Waals surface area contributed by atoms with Crippen molar-refractivity contribution in [2.75, 3.05) is 52.3 Å². The van der Waals surface area contributed by atoms with Crippen LogP contribution >= 0.6 is 0 Å². The number of ether oxygens (including phenoxy) is 1. The summed E-state index contributed by atoms with van der Waals surface area (Å²) in [5.74, 6) is -0.193. The molecule has 1 aliphatic heterocycles. The van der Waals surface area contributed by atoms with Gasteiger partial charge in [-0.1, -0.05) is 12.1 Å². The van der Waals surface area contributed by atoms with Crippen LogP contribution in [0.4, 0.5) is 5.69 Å². The fourth-order valence-corrected chi connectivity index (χ4v) is 2.59. The summed E-state index contributed by atoms with van der Waals surface area (Å²) < 4.78 is 4.87. The van der Waals surface area contributed by atoms with Crippen LogP contribution in [0.3, 0.4) is 0 Å². The van der Waals surface area contributed by atoms with Crippen LogP contribution in [0.2, 0.25) is 0 Å². The fraction of sp³-hybridized carbons (Fsp3) is 0.529. The third kappa shape index (κ3) is 5.30. The average molecular weight is 334 g/mol. The normalized spacial score (nSPS) is 16.7. The Labute approximate surface area is 142 Å². The number of rotatable bonds is 6. The largest absolute Gasteiger partial charge is 0.383 e. The lowest BCUT2D eigenvalue weighted by atomic mass is 10.1. The molecule has 7 heteroatoms. The Hall–Kier alpha value is -1.96. The van der Waals surface area contributed by atoms with Crippen molar-refractivity contribution in [3.05, 3.63) is 29.8 Å². The molecule has 1 aromatic carbocycles. The summed E-state index contributed by atoms with van der Waals surface area (Å²) in [6, 6.07) is 6.58. The molecule has 1 fully saturated rings. The van der Waals surface area contributed by atoms with Crippen LogP contribution in [-0.2, 0) is 20.7 Å². The Balaban J connectivity index is 1.92. The molecule has 0 bridgehead atoms. The molecule has 0 radical (unpaired) electrons. The predicted octanol–water partition coefficient (Wildman–Crippen LogP) is -0.0847. The van der Waals surface area contributed by atoms with Crippen molar-refractivity contribution in [2.24, 2.45) is 5.73 Å². The van der Waals surface area contributed by atoms with Gasteiger partial charge in [-0.15, -0.1) is 0 Å². The van der Waals surface area contributed by atoms with E-state index in [1.807, 2.05) is 23.1 Å². The van der Waals surface area contributed by atoms with E-state index in [9.17, 15) is 9.59 Å². The lowest BCUT2D eigenvalue weighted by Crippen LogP contribution is -2.47. The number of nitrogens with zero attached hydrogens (tertiary/aromatic N) is 2. The lowest BCUT2D eigenvalue weighted by Gasteiger charge is -2.32. The van der Waals surface area contributed by atoms with Crippen LogP contribution < -0.4 is 11.1 Å². The summed E-state index contributed by atoms with van der Waals surface area (Å²) in [6.45, 7) is 3.49. The highest BCUT2D eigenvalue weighted by Gasteiger charge is 2.19. The molecule has 0 saturated carbocycles. The summed E-state index contributed by atoms with van der Waals surface area (Å²) in [6.07, 6.45) is 0.331. The van der Waals surface area contributed by atoms with E-state index < -0.39 is 6.04 Å². The molecule has 7 nitrogen and oxygen atoms in total. The van der Waals surface area contributed by atoms with Crippen LogP contribution in [0.25, 0.3) is 0 Å². The third-order valence-electron chi connectivity index (χ3n) is 4.09. The predicted molar refractivity (Wildman–Crippen MR) is 92.7 cm³/mol. The van der Waals surface area contributed by atoms with Gasteiger partial charge in [0.05, 0.1) is 13.0 Å². The monoisotopic (exact) mass is 334 g/mol. The molecule has 1 aromatic rings. The molecule has 2 amide bonds. The van der Waals surface area contributed by atoms with Crippen LogP contribution in [0, 0.1) is 0 Å². The van der Waals surface area contributed by atoms with E-state index in [0.29, 0.717) is 12.1 Å². The van der Waals surface area contributed by atoms with Gasteiger partial charge in [-0.2, -0.15) is 0 Å². The number of anilines is 1. The van der Waals surface area contributed by atoms with E-state index >= 15 is 0 Å². The molecule has 24 heavy (non-hydrogen) atoms. The van der Waals surface area contributed by atoms with Gasteiger partial charge in [0.15, 0.2) is 0 Å². The van der Waals surface area contributed by atoms with Gasteiger partial charge in [-0.25, -0.2) is 0 Å². The number of hydrogen-bond donors (Lipinski definition) is 2. The third-order valence-corrected chi connectivity index (χ3v) is 4.09. The average Bonchev–Trinajstić information content (AvgIpc) is 2.56. The fourth-order valence-electron chi connectivity index (χ4n) is 2.59. The number of nitrogens with one attached hydrogen (secondary N) is 1. The van der Waals surface area contributed by atoms with Crippen LogP contribution in [0.1, 0.15) is 5.56 Å². The van der Waals surface area contributed by atoms with Crippen molar-refractivity contribution in [1.29, 1.82) is 0 Å². The van der Waals surface area contributed by atoms with E-state index in [1.54, 1.807) is 6.07 Å². The molecule has 0 aliphatic carbocycles. The molecule has 0 spiro atoms. The number of benzene rings is 1. The van der Waals surface area contributed by atoms with Gasteiger partial charge in [-0.05, 0) is 24.7 Å². The zero-order valence-electron chi connectivity index (χ0n) is 14.3. The second kappa shape index (κ2) is 8.77. The van der Waals surface area contributed by atoms with Crippen molar-refractivity contribution in [3.63, 3.8) is 0 Å². The zero-order chi connectivity index (χ0) is 17.5. The van der Waals surface area contributed by atoms with E-state index in [2.05, 4.69) is 17.3 Å². The van der Waals surface area contributed by atoms with E-state index in [0.717, 1.165) is 31.7 Å². The minimum atomic E-state index is -0.717. The first-order valence-electron chi connectivity index (χ1n) is 8.10. The van der Waals surface area contributed by atoms with Gasteiger partial charge in [0, 0.05) is 39.0 Å². The smallest absolute Gasteiger partial charge is 0.243 e. The minimum Gasteiger partial charge on any atom is -0.383 e. The van der Waals surface area contributed by atoms with E-state index in [-0.39, 0.29) is 18.4 Å². The summed E-state index contributed by atoms with van der Waals surface area (Å²) in [7, 11) is 3.56. The highest BCUT2D eigenvalue weighted by molar-refractivity contribution is 5.95. The summed E-state index contributed by atoms with van der Waals surface area (Å²) >= 11 is 0. The lowest BCUT2D eigenvalue weighted by molar-refractivity contribution is -0.132. The molecule has 3 N–H and O–H groups in total. The summed E-state index contributed by atoms with van der Waals surface area (Å²) in [5, 5.41) is 2.75. The second-order valence-electron chi connectivity index (χ2n) is 6.11. The second-order valence-corrected chi connectivity index (χ2v) is 6.11. The molecule has 2 rings (SSSR count). The van der Waals surface area contributed by atoms with Gasteiger partial charge >= 0.3 is 0 Å². The zero-order valence-corrected chi connectivity index (χ0v) is 14.3. The molecule has 1 saturated heterocycles. The van der Waals surface area contributed by atoms with Gasteiger partial charge in [0.1, 0.15) is 6.04 Å². The molecule has 1 aliphatic rings. The summed E-state index contributed by atoms with van der Waals surface area (Å²) in [5.41, 5.74) is 7.21. The maximum Gasteiger partial charge on any atom is 0.243 e. The van der Waals surface area contributed by atoms with Crippen molar-refractivity contribution >= 4 is 17.5 Å². The highest BCUT2D eigenvalue weighted by Crippen LogP contribution is 2.13. The maximum atomic E-state index is 12.4. The number of hydrogen-bond acceptors (Lipinski definition) is 5. The van der Waals surface area contributed by atoms with Crippen LogP contribution in [0.15, 0.2) is 24.3 Å². The van der Waals surface area contributed by atoms with Crippen LogP contribution in [-0.4, -0.2) is 74.6 Å².